The summed E-state index contributed by atoms with van der Waals surface area (Å²) in [5.74, 6) is 1.00. The smallest absolute Gasteiger partial charge is 0.323 e. The minimum Gasteiger partial charge on any atom is -0.497 e. The average Bonchev–Trinajstić information content (AvgIpc) is 3.18. The van der Waals surface area contributed by atoms with Gasteiger partial charge in [-0.2, -0.15) is 0 Å². The normalized spacial score (nSPS) is 14.1. The summed E-state index contributed by atoms with van der Waals surface area (Å²) in [4.78, 5) is 25.4. The zero-order valence-electron chi connectivity index (χ0n) is 20.7. The van der Waals surface area contributed by atoms with Crippen LogP contribution in [-0.4, -0.2) is 47.0 Å². The van der Waals surface area contributed by atoms with Crippen LogP contribution in [0.3, 0.4) is 0 Å². The van der Waals surface area contributed by atoms with Crippen LogP contribution in [0.1, 0.15) is 16.7 Å². The number of carbonyl (C=O) groups is 2. The average molecular weight is 552 g/mol. The monoisotopic (exact) mass is 551 g/mol. The highest BCUT2D eigenvalue weighted by molar-refractivity contribution is 8.26. The highest BCUT2D eigenvalue weighted by Crippen LogP contribution is 2.35. The molecule has 196 valence electrons. The molecule has 1 aliphatic heterocycles. The zero-order valence-corrected chi connectivity index (χ0v) is 22.3. The third-order valence-electron chi connectivity index (χ3n) is 5.55. The van der Waals surface area contributed by atoms with Crippen LogP contribution in [0.5, 0.6) is 23.0 Å². The molecule has 1 saturated heterocycles. The van der Waals surface area contributed by atoms with E-state index >= 15 is 0 Å². The molecule has 1 heterocycles. The summed E-state index contributed by atoms with van der Waals surface area (Å²) in [6.45, 7) is 0.126. The van der Waals surface area contributed by atoms with Gasteiger partial charge < -0.3 is 24.1 Å². The van der Waals surface area contributed by atoms with E-state index in [1.165, 1.54) is 0 Å². The number of thiocarbonyl (C=S) groups is 1. The van der Waals surface area contributed by atoms with E-state index in [4.69, 9.17) is 36.3 Å². The molecule has 1 fully saturated rings. The third kappa shape index (κ3) is 6.84. The van der Waals surface area contributed by atoms with E-state index < -0.39 is 18.4 Å². The molecule has 1 N–H and O–H groups in total. The van der Waals surface area contributed by atoms with Gasteiger partial charge in [0, 0.05) is 5.56 Å². The standard InChI is InChI=1S/C28H25NO7S2/c1-33-21-7-3-18(4-8-21)16-35-23-11-12-24(36-17-19-5-9-22(34-2)10-6-19)20(13-23)14-25-27(32)29(15-26(30)31)28(37)38-25/h3-14H,15-17H2,1-2H3,(H,30,31). The number of rotatable bonds is 11. The number of ether oxygens (including phenoxy) is 4. The van der Waals surface area contributed by atoms with Crippen LogP contribution in [0.25, 0.3) is 6.08 Å². The number of nitrogens with zero attached hydrogens (tertiary/aromatic N) is 1. The van der Waals surface area contributed by atoms with Gasteiger partial charge in [-0.05, 0) is 59.7 Å². The maximum atomic E-state index is 12.8. The van der Waals surface area contributed by atoms with Crippen LogP contribution >= 0.6 is 24.0 Å². The van der Waals surface area contributed by atoms with Gasteiger partial charge in [0.25, 0.3) is 5.91 Å². The molecule has 0 unspecified atom stereocenters. The van der Waals surface area contributed by atoms with E-state index in [2.05, 4.69) is 0 Å². The lowest BCUT2D eigenvalue weighted by Gasteiger charge is -2.13. The number of aliphatic carboxylic acids is 1. The van der Waals surface area contributed by atoms with Gasteiger partial charge in [0.1, 0.15) is 47.1 Å². The number of hydrogen-bond donors (Lipinski definition) is 1. The predicted molar refractivity (Wildman–Crippen MR) is 149 cm³/mol. The molecular formula is C28H25NO7S2. The Morgan fingerprint density at radius 1 is 0.895 bits per heavy atom. The molecule has 0 saturated carbocycles. The minimum absolute atomic E-state index is 0.191. The molecule has 0 bridgehead atoms. The van der Waals surface area contributed by atoms with Crippen molar-refractivity contribution in [3.05, 3.63) is 88.3 Å². The third-order valence-corrected chi connectivity index (χ3v) is 6.93. The lowest BCUT2D eigenvalue weighted by Crippen LogP contribution is -2.33. The number of amides is 1. The van der Waals surface area contributed by atoms with Crippen molar-refractivity contribution in [2.45, 2.75) is 13.2 Å². The summed E-state index contributed by atoms with van der Waals surface area (Å²) in [7, 11) is 3.22. The summed E-state index contributed by atoms with van der Waals surface area (Å²) in [6.07, 6.45) is 1.64. The van der Waals surface area contributed by atoms with Crippen LogP contribution in [0.2, 0.25) is 0 Å². The second-order valence-corrected chi connectivity index (χ2v) is 9.81. The number of carbonyl (C=O) groups excluding carboxylic acids is 1. The topological polar surface area (TPSA) is 94.5 Å². The van der Waals surface area contributed by atoms with E-state index in [1.54, 1.807) is 38.5 Å². The van der Waals surface area contributed by atoms with Gasteiger partial charge in [-0.25, -0.2) is 0 Å². The lowest BCUT2D eigenvalue weighted by molar-refractivity contribution is -0.140. The Labute approximate surface area is 229 Å². The molecule has 0 radical (unpaired) electrons. The summed E-state index contributed by atoms with van der Waals surface area (Å²) in [5, 5.41) is 9.13. The van der Waals surface area contributed by atoms with Crippen molar-refractivity contribution in [2.75, 3.05) is 20.8 Å². The minimum atomic E-state index is -1.14. The predicted octanol–water partition coefficient (Wildman–Crippen LogP) is 5.15. The second-order valence-electron chi connectivity index (χ2n) is 8.13. The summed E-state index contributed by atoms with van der Waals surface area (Å²) < 4.78 is 22.7. The lowest BCUT2D eigenvalue weighted by atomic mass is 10.1. The molecule has 0 spiro atoms. The molecule has 1 amide bonds. The molecule has 0 atom stereocenters. The molecule has 3 aromatic rings. The fourth-order valence-corrected chi connectivity index (χ4v) is 4.79. The Kier molecular flexibility index (Phi) is 8.88. The quantitative estimate of drug-likeness (QED) is 0.257. The highest BCUT2D eigenvalue weighted by Gasteiger charge is 2.33. The second kappa shape index (κ2) is 12.5. The van der Waals surface area contributed by atoms with Crippen molar-refractivity contribution in [3.63, 3.8) is 0 Å². The van der Waals surface area contributed by atoms with Gasteiger partial charge in [-0.15, -0.1) is 0 Å². The molecule has 3 aromatic carbocycles. The zero-order chi connectivity index (χ0) is 27.1. The fraction of sp³-hybridized carbons (Fsp3) is 0.179. The van der Waals surface area contributed by atoms with E-state index in [1.807, 2.05) is 48.5 Å². The van der Waals surface area contributed by atoms with Gasteiger partial charge in [0.05, 0.1) is 19.1 Å². The van der Waals surface area contributed by atoms with E-state index in [0.29, 0.717) is 28.6 Å². The first-order chi connectivity index (χ1) is 18.4. The first-order valence-corrected chi connectivity index (χ1v) is 12.7. The van der Waals surface area contributed by atoms with Crippen LogP contribution < -0.4 is 18.9 Å². The Balaban J connectivity index is 1.57. The van der Waals surface area contributed by atoms with E-state index in [9.17, 15) is 9.59 Å². The van der Waals surface area contributed by atoms with Gasteiger partial charge in [-0.3, -0.25) is 14.5 Å². The van der Waals surface area contributed by atoms with E-state index in [0.717, 1.165) is 39.3 Å². The molecule has 1 aliphatic rings. The fourth-order valence-electron chi connectivity index (χ4n) is 3.54. The van der Waals surface area contributed by atoms with Crippen LogP contribution in [-0.2, 0) is 22.8 Å². The Hall–Kier alpha value is -4.02. The van der Waals surface area contributed by atoms with Crippen LogP contribution in [0.15, 0.2) is 71.6 Å². The molecular weight excluding hydrogens is 526 g/mol. The molecule has 0 aromatic heterocycles. The molecule has 0 aliphatic carbocycles. The first-order valence-electron chi connectivity index (χ1n) is 11.5. The molecule has 10 heteroatoms. The number of carboxylic acid groups (broad SMARTS) is 1. The number of hydrogen-bond acceptors (Lipinski definition) is 8. The van der Waals surface area contributed by atoms with E-state index in [-0.39, 0.29) is 10.9 Å². The number of carboxylic acids is 1. The van der Waals surface area contributed by atoms with Crippen LogP contribution in [0, 0.1) is 0 Å². The van der Waals surface area contributed by atoms with Crippen molar-refractivity contribution in [3.8, 4) is 23.0 Å². The Morgan fingerprint density at radius 3 is 2.00 bits per heavy atom. The Morgan fingerprint density at radius 2 is 1.45 bits per heavy atom. The summed E-state index contributed by atoms with van der Waals surface area (Å²) in [5.41, 5.74) is 2.49. The van der Waals surface area contributed by atoms with Gasteiger partial charge in [0.15, 0.2) is 0 Å². The van der Waals surface area contributed by atoms with Gasteiger partial charge in [-0.1, -0.05) is 48.2 Å². The molecule has 38 heavy (non-hydrogen) atoms. The number of methoxy groups -OCH3 is 2. The highest BCUT2D eigenvalue weighted by atomic mass is 32.2. The van der Waals surface area contributed by atoms with Crippen molar-refractivity contribution < 1.29 is 33.6 Å². The maximum absolute atomic E-state index is 12.8. The van der Waals surface area contributed by atoms with Crippen molar-refractivity contribution in [1.82, 2.24) is 4.90 Å². The van der Waals surface area contributed by atoms with Crippen LogP contribution in [0.4, 0.5) is 0 Å². The SMILES string of the molecule is COc1ccc(COc2ccc(OCc3ccc(OC)cc3)c(C=C3SC(=S)N(CC(=O)O)C3=O)c2)cc1. The maximum Gasteiger partial charge on any atom is 0.323 e. The van der Waals surface area contributed by atoms with Crippen molar-refractivity contribution >= 4 is 46.3 Å². The molecule has 8 nitrogen and oxygen atoms in total. The number of thioether (sulfide) groups is 1. The van der Waals surface area contributed by atoms with Crippen molar-refractivity contribution in [1.29, 1.82) is 0 Å². The summed E-state index contributed by atoms with van der Waals surface area (Å²) in [6, 6.07) is 20.4. The first kappa shape index (κ1) is 27.0. The van der Waals surface area contributed by atoms with Crippen molar-refractivity contribution in [2.24, 2.45) is 0 Å². The number of benzene rings is 3. The molecule has 4 rings (SSSR count). The Bertz CT molecular complexity index is 1350. The summed E-state index contributed by atoms with van der Waals surface area (Å²) >= 11 is 6.27. The van der Waals surface area contributed by atoms with Gasteiger partial charge >= 0.3 is 5.97 Å². The largest absolute Gasteiger partial charge is 0.497 e. The van der Waals surface area contributed by atoms with Gasteiger partial charge in [0.2, 0.25) is 0 Å².